The molecule has 1 heterocycles. The van der Waals surface area contributed by atoms with Gasteiger partial charge < -0.3 is 19.5 Å². The van der Waals surface area contributed by atoms with E-state index in [-0.39, 0.29) is 17.9 Å². The molecule has 3 aromatic rings. The number of benzene rings is 3. The highest BCUT2D eigenvalue weighted by atomic mass is 79.9. The number of fused-ring (bicyclic) bond motifs is 1. The van der Waals surface area contributed by atoms with Gasteiger partial charge in [0.25, 0.3) is 0 Å². The molecule has 0 saturated carbocycles. The van der Waals surface area contributed by atoms with Gasteiger partial charge in [0.05, 0.1) is 25.9 Å². The van der Waals surface area contributed by atoms with Gasteiger partial charge in [0.2, 0.25) is 0 Å². The molecule has 1 fully saturated rings. The summed E-state index contributed by atoms with van der Waals surface area (Å²) < 4.78 is 12.9. The van der Waals surface area contributed by atoms with E-state index in [0.717, 1.165) is 15.6 Å². The van der Waals surface area contributed by atoms with Crippen molar-refractivity contribution in [3.63, 3.8) is 0 Å². The first-order valence-electron chi connectivity index (χ1n) is 10.4. The summed E-state index contributed by atoms with van der Waals surface area (Å²) in [6.07, 6.45) is -1.19. The van der Waals surface area contributed by atoms with Crippen molar-refractivity contribution in [3.05, 3.63) is 82.3 Å². The van der Waals surface area contributed by atoms with Gasteiger partial charge >= 0.3 is 6.09 Å². The zero-order valence-corrected chi connectivity index (χ0v) is 19.0. The molecule has 6 heteroatoms. The van der Waals surface area contributed by atoms with Crippen LogP contribution in [-0.4, -0.2) is 49.0 Å². The number of rotatable bonds is 6. The van der Waals surface area contributed by atoms with Crippen LogP contribution in [-0.2, 0) is 16.1 Å². The minimum atomic E-state index is -0.922. The molecule has 1 aliphatic rings. The van der Waals surface area contributed by atoms with Crippen LogP contribution in [0.15, 0.2) is 71.2 Å². The first-order valence-corrected chi connectivity index (χ1v) is 11.2. The van der Waals surface area contributed by atoms with Gasteiger partial charge in [0, 0.05) is 30.0 Å². The van der Waals surface area contributed by atoms with Crippen molar-refractivity contribution in [1.29, 1.82) is 0 Å². The quantitative estimate of drug-likeness (QED) is 0.500. The van der Waals surface area contributed by atoms with E-state index in [0.29, 0.717) is 26.3 Å². The van der Waals surface area contributed by atoms with Gasteiger partial charge in [-0.05, 0) is 40.1 Å². The molecule has 1 N–H and O–H groups in total. The van der Waals surface area contributed by atoms with Crippen LogP contribution in [0.1, 0.15) is 17.0 Å². The summed E-state index contributed by atoms with van der Waals surface area (Å²) in [5, 5.41) is 12.0. The van der Waals surface area contributed by atoms with Crippen molar-refractivity contribution >= 4 is 32.8 Å². The number of nitrogens with zero attached hydrogens (tertiary/aromatic N) is 1. The fourth-order valence-corrected chi connectivity index (χ4v) is 4.76. The van der Waals surface area contributed by atoms with Gasteiger partial charge in [-0.15, -0.1) is 0 Å². The number of carboxylic acid groups (broad SMARTS) is 1. The second-order valence-corrected chi connectivity index (χ2v) is 8.93. The van der Waals surface area contributed by atoms with Crippen molar-refractivity contribution in [2.75, 3.05) is 26.8 Å². The molecule has 0 radical (unpaired) electrons. The Hall–Kier alpha value is -2.41. The van der Waals surface area contributed by atoms with E-state index in [2.05, 4.69) is 58.4 Å². The van der Waals surface area contributed by atoms with Crippen LogP contribution in [0.2, 0.25) is 0 Å². The van der Waals surface area contributed by atoms with E-state index in [9.17, 15) is 9.90 Å². The predicted octanol–water partition coefficient (Wildman–Crippen LogP) is 5.53. The predicted molar refractivity (Wildman–Crippen MR) is 124 cm³/mol. The van der Waals surface area contributed by atoms with Crippen LogP contribution < -0.4 is 0 Å². The van der Waals surface area contributed by atoms with Crippen LogP contribution in [0.25, 0.3) is 10.8 Å². The number of amides is 1. The maximum atomic E-state index is 11.8. The lowest BCUT2D eigenvalue weighted by Crippen LogP contribution is -2.52. The normalized spacial score (nSPS) is 21.4. The van der Waals surface area contributed by atoms with Gasteiger partial charge in [0.1, 0.15) is 0 Å². The molecule has 4 rings (SSSR count). The van der Waals surface area contributed by atoms with Crippen molar-refractivity contribution in [2.24, 2.45) is 5.92 Å². The molecule has 1 amide bonds. The fraction of sp³-hybridized carbons (Fsp3) is 0.320. The summed E-state index contributed by atoms with van der Waals surface area (Å²) in [6, 6.07) is 22.7. The number of methoxy groups -OCH3 is 1. The molecule has 0 bridgehead atoms. The molecular formula is C25H26BrNO4. The van der Waals surface area contributed by atoms with Gasteiger partial charge in [-0.25, -0.2) is 4.79 Å². The number of halogens is 1. The van der Waals surface area contributed by atoms with Crippen LogP contribution >= 0.6 is 15.9 Å². The van der Waals surface area contributed by atoms with E-state index >= 15 is 0 Å². The Morgan fingerprint density at radius 1 is 1.06 bits per heavy atom. The average Bonchev–Trinajstić information content (AvgIpc) is 2.78. The Morgan fingerprint density at radius 2 is 1.81 bits per heavy atom. The summed E-state index contributed by atoms with van der Waals surface area (Å²) >= 11 is 3.50. The molecule has 1 saturated heterocycles. The van der Waals surface area contributed by atoms with Crippen LogP contribution in [0, 0.1) is 5.92 Å². The summed E-state index contributed by atoms with van der Waals surface area (Å²) in [4.78, 5) is 13.2. The summed E-state index contributed by atoms with van der Waals surface area (Å²) in [5.74, 6) is 0.0572. The largest absolute Gasteiger partial charge is 0.465 e. The molecule has 3 unspecified atom stereocenters. The molecule has 1 aliphatic heterocycles. The van der Waals surface area contributed by atoms with Crippen LogP contribution in [0.3, 0.4) is 0 Å². The SMILES string of the molecule is COCC1CN(C(=O)O)CC(OCc2ccc3ccccc3c2)C1c1ccc(Br)cc1. The first-order chi connectivity index (χ1) is 15.0. The summed E-state index contributed by atoms with van der Waals surface area (Å²) in [5.41, 5.74) is 2.21. The maximum absolute atomic E-state index is 11.8. The first kappa shape index (κ1) is 21.8. The van der Waals surface area contributed by atoms with E-state index < -0.39 is 6.09 Å². The maximum Gasteiger partial charge on any atom is 0.407 e. The number of hydrogen-bond donors (Lipinski definition) is 1. The highest BCUT2D eigenvalue weighted by Crippen LogP contribution is 2.36. The summed E-state index contributed by atoms with van der Waals surface area (Å²) in [7, 11) is 1.66. The molecule has 162 valence electrons. The van der Waals surface area contributed by atoms with Gasteiger partial charge in [-0.3, -0.25) is 0 Å². The lowest BCUT2D eigenvalue weighted by molar-refractivity contribution is -0.0518. The molecule has 5 nitrogen and oxygen atoms in total. The Bertz CT molecular complexity index is 1040. The number of piperidine rings is 1. The standard InChI is InChI=1S/C25H26BrNO4/c1-30-16-21-13-27(25(28)29)14-23(24(21)19-8-10-22(26)11-9-19)31-15-17-6-7-18-4-2-3-5-20(18)12-17/h2-12,21,23-24H,13-16H2,1H3,(H,28,29). The number of likely N-dealkylation sites (tertiary alicyclic amines) is 1. The zero-order chi connectivity index (χ0) is 21.8. The fourth-order valence-electron chi connectivity index (χ4n) is 4.49. The highest BCUT2D eigenvalue weighted by Gasteiger charge is 2.40. The molecule has 0 aromatic heterocycles. The van der Waals surface area contributed by atoms with Crippen molar-refractivity contribution in [3.8, 4) is 0 Å². The Balaban J connectivity index is 1.60. The molecule has 0 aliphatic carbocycles. The Kier molecular flexibility index (Phi) is 6.90. The van der Waals surface area contributed by atoms with Crippen molar-refractivity contribution in [2.45, 2.75) is 18.6 Å². The third-order valence-electron chi connectivity index (χ3n) is 5.95. The Labute approximate surface area is 190 Å². The highest BCUT2D eigenvalue weighted by molar-refractivity contribution is 9.10. The van der Waals surface area contributed by atoms with E-state index in [4.69, 9.17) is 9.47 Å². The van der Waals surface area contributed by atoms with Crippen molar-refractivity contribution < 1.29 is 19.4 Å². The topological polar surface area (TPSA) is 59.0 Å². The van der Waals surface area contributed by atoms with Crippen LogP contribution in [0.5, 0.6) is 0 Å². The minimum Gasteiger partial charge on any atom is -0.465 e. The second kappa shape index (κ2) is 9.81. The zero-order valence-electron chi connectivity index (χ0n) is 17.4. The number of carbonyl (C=O) groups is 1. The smallest absolute Gasteiger partial charge is 0.407 e. The van der Waals surface area contributed by atoms with Gasteiger partial charge in [-0.2, -0.15) is 0 Å². The molecule has 3 atom stereocenters. The molecule has 3 aromatic carbocycles. The second-order valence-electron chi connectivity index (χ2n) is 8.01. The van der Waals surface area contributed by atoms with E-state index in [1.807, 2.05) is 24.3 Å². The minimum absolute atomic E-state index is 0.0117. The van der Waals surface area contributed by atoms with Gasteiger partial charge in [-0.1, -0.05) is 64.5 Å². The number of hydrogen-bond acceptors (Lipinski definition) is 3. The monoisotopic (exact) mass is 483 g/mol. The molecule has 0 spiro atoms. The average molecular weight is 484 g/mol. The lowest BCUT2D eigenvalue weighted by Gasteiger charge is -2.42. The molecule has 31 heavy (non-hydrogen) atoms. The van der Waals surface area contributed by atoms with E-state index in [1.54, 1.807) is 7.11 Å². The Morgan fingerprint density at radius 3 is 2.52 bits per heavy atom. The third-order valence-corrected chi connectivity index (χ3v) is 6.48. The molecular weight excluding hydrogens is 458 g/mol. The van der Waals surface area contributed by atoms with Crippen molar-refractivity contribution in [1.82, 2.24) is 4.90 Å². The summed E-state index contributed by atoms with van der Waals surface area (Å²) in [6.45, 7) is 1.67. The van der Waals surface area contributed by atoms with Crippen LogP contribution in [0.4, 0.5) is 4.79 Å². The third kappa shape index (κ3) is 5.09. The lowest BCUT2D eigenvalue weighted by atomic mass is 9.79. The number of ether oxygens (including phenoxy) is 2. The van der Waals surface area contributed by atoms with Gasteiger partial charge in [0.15, 0.2) is 0 Å². The van der Waals surface area contributed by atoms with E-state index in [1.165, 1.54) is 15.7 Å².